The maximum Gasteiger partial charge on any atom is 0.151 e. The predicted molar refractivity (Wildman–Crippen MR) is 31.2 cm³/mol. The van der Waals surface area contributed by atoms with Crippen molar-refractivity contribution in [2.24, 2.45) is 0 Å². The number of aliphatic hydroxyl groups is 4. The summed E-state index contributed by atoms with van der Waals surface area (Å²) in [6.45, 7) is -0.688. The lowest BCUT2D eigenvalue weighted by molar-refractivity contribution is -0.127. The van der Waals surface area contributed by atoms with Crippen LogP contribution in [-0.2, 0) is 4.79 Å². The number of rotatable bonds is 4. The van der Waals surface area contributed by atoms with Gasteiger partial charge < -0.3 is 25.2 Å². The summed E-state index contributed by atoms with van der Waals surface area (Å²) in [5.74, 6) is 0. The molecule has 0 saturated carbocycles. The zero-order valence-corrected chi connectivity index (χ0v) is 5.21. The third-order valence-electron chi connectivity index (χ3n) is 1.07. The van der Waals surface area contributed by atoms with Crippen LogP contribution in [0.15, 0.2) is 0 Å². The van der Waals surface area contributed by atoms with Crippen molar-refractivity contribution in [3.05, 3.63) is 0 Å². The van der Waals surface area contributed by atoms with Crippen molar-refractivity contribution in [3.63, 3.8) is 0 Å². The average Bonchev–Trinajstić information content (AvgIpc) is 2.00. The minimum Gasteiger partial charge on any atom is -0.394 e. The van der Waals surface area contributed by atoms with E-state index in [1.54, 1.807) is 0 Å². The Bertz CT molecular complexity index is 104. The minimum atomic E-state index is -1.64. The molecule has 1 unspecified atom stereocenters. The van der Waals surface area contributed by atoms with E-state index in [9.17, 15) is 4.79 Å². The molecule has 0 aromatic rings. The second-order valence-corrected chi connectivity index (χ2v) is 1.87. The van der Waals surface area contributed by atoms with E-state index in [0.29, 0.717) is 0 Å². The first-order chi connectivity index (χ1) is 4.63. The highest BCUT2D eigenvalue weighted by Gasteiger charge is 2.22. The maximum atomic E-state index is 9.76. The van der Waals surface area contributed by atoms with Crippen molar-refractivity contribution in [2.45, 2.75) is 18.3 Å². The van der Waals surface area contributed by atoms with Crippen LogP contribution in [0.25, 0.3) is 0 Å². The Labute approximate surface area is 57.5 Å². The standard InChI is InChI=1S/C5H10O5/c6-1-3(8)5(10)4(9)2-7/h1,3-5,7-10H,2H2/t3-,4?,5-/m0/s1. The fraction of sp³-hybridized carbons (Fsp3) is 0.800. The highest BCUT2D eigenvalue weighted by molar-refractivity contribution is 5.56. The number of carbonyl (C=O) groups excluding carboxylic acids is 1. The van der Waals surface area contributed by atoms with E-state index >= 15 is 0 Å². The molecular weight excluding hydrogens is 140 g/mol. The van der Waals surface area contributed by atoms with Gasteiger partial charge in [-0.15, -0.1) is 0 Å². The molecule has 5 heteroatoms. The Morgan fingerprint density at radius 3 is 2.10 bits per heavy atom. The van der Waals surface area contributed by atoms with Crippen molar-refractivity contribution in [1.82, 2.24) is 0 Å². The highest BCUT2D eigenvalue weighted by Crippen LogP contribution is 1.96. The average molecular weight is 150 g/mol. The number of hydrogen-bond acceptors (Lipinski definition) is 5. The van der Waals surface area contributed by atoms with Gasteiger partial charge in [-0.2, -0.15) is 0 Å². The van der Waals surface area contributed by atoms with Gasteiger partial charge in [0.15, 0.2) is 6.29 Å². The molecule has 0 bridgehead atoms. The molecule has 0 aliphatic carbocycles. The molecule has 0 fully saturated rings. The number of hydrogen-bond donors (Lipinski definition) is 4. The van der Waals surface area contributed by atoms with Gasteiger partial charge in [-0.3, -0.25) is 0 Å². The molecule has 0 aromatic heterocycles. The normalized spacial score (nSPS) is 19.6. The molecule has 0 aliphatic heterocycles. The van der Waals surface area contributed by atoms with Crippen LogP contribution in [0, 0.1) is 0 Å². The fourth-order valence-electron chi connectivity index (χ4n) is 0.416. The van der Waals surface area contributed by atoms with Gasteiger partial charge in [0.05, 0.1) is 6.61 Å². The summed E-state index contributed by atoms with van der Waals surface area (Å²) in [7, 11) is 0. The lowest BCUT2D eigenvalue weighted by Gasteiger charge is -2.16. The SMILES string of the molecule is O=C[C@H](O)[C@H](O)C(O)CO. The van der Waals surface area contributed by atoms with Crippen molar-refractivity contribution in [2.75, 3.05) is 6.61 Å². The van der Waals surface area contributed by atoms with Crippen LogP contribution in [-0.4, -0.2) is 51.6 Å². The quantitative estimate of drug-likeness (QED) is 0.326. The van der Waals surface area contributed by atoms with Gasteiger partial charge in [0, 0.05) is 0 Å². The Morgan fingerprint density at radius 1 is 1.30 bits per heavy atom. The van der Waals surface area contributed by atoms with Crippen molar-refractivity contribution >= 4 is 6.29 Å². The van der Waals surface area contributed by atoms with Gasteiger partial charge in [-0.1, -0.05) is 0 Å². The molecule has 0 aromatic carbocycles. The van der Waals surface area contributed by atoms with E-state index in [1.807, 2.05) is 0 Å². The maximum absolute atomic E-state index is 9.76. The van der Waals surface area contributed by atoms with E-state index in [4.69, 9.17) is 20.4 Å². The minimum absolute atomic E-state index is 0.0869. The van der Waals surface area contributed by atoms with E-state index in [0.717, 1.165) is 0 Å². The van der Waals surface area contributed by atoms with Crippen LogP contribution in [0.2, 0.25) is 0 Å². The van der Waals surface area contributed by atoms with Crippen LogP contribution in [0.4, 0.5) is 0 Å². The largest absolute Gasteiger partial charge is 0.394 e. The van der Waals surface area contributed by atoms with Gasteiger partial charge in [0.1, 0.15) is 18.3 Å². The summed E-state index contributed by atoms with van der Waals surface area (Å²) >= 11 is 0. The summed E-state index contributed by atoms with van der Waals surface area (Å²) in [4.78, 5) is 9.76. The van der Waals surface area contributed by atoms with Crippen LogP contribution < -0.4 is 0 Å². The first-order valence-electron chi connectivity index (χ1n) is 2.73. The highest BCUT2D eigenvalue weighted by atomic mass is 16.4. The van der Waals surface area contributed by atoms with Gasteiger partial charge in [-0.25, -0.2) is 0 Å². The molecular formula is C5H10O5. The van der Waals surface area contributed by atoms with Gasteiger partial charge in [0.2, 0.25) is 0 Å². The Balaban J connectivity index is 3.80. The molecule has 10 heavy (non-hydrogen) atoms. The zero-order chi connectivity index (χ0) is 8.15. The third-order valence-corrected chi connectivity index (χ3v) is 1.07. The molecule has 60 valence electrons. The zero-order valence-electron chi connectivity index (χ0n) is 5.21. The lowest BCUT2D eigenvalue weighted by atomic mass is 10.1. The smallest absolute Gasteiger partial charge is 0.151 e. The number of carbonyl (C=O) groups is 1. The molecule has 0 amide bonds. The van der Waals surface area contributed by atoms with E-state index in [1.165, 1.54) is 0 Å². The monoisotopic (exact) mass is 150 g/mol. The van der Waals surface area contributed by atoms with Crippen LogP contribution in [0.3, 0.4) is 0 Å². The second-order valence-electron chi connectivity index (χ2n) is 1.87. The van der Waals surface area contributed by atoms with E-state index in [-0.39, 0.29) is 6.29 Å². The molecule has 0 radical (unpaired) electrons. The van der Waals surface area contributed by atoms with Crippen LogP contribution in [0.1, 0.15) is 0 Å². The predicted octanol–water partition coefficient (Wildman–Crippen LogP) is -2.74. The summed E-state index contributed by atoms with van der Waals surface area (Å²) in [5.41, 5.74) is 0. The summed E-state index contributed by atoms with van der Waals surface area (Å²) < 4.78 is 0. The van der Waals surface area contributed by atoms with Gasteiger partial charge in [-0.05, 0) is 0 Å². The van der Waals surface area contributed by atoms with Crippen molar-refractivity contribution in [3.8, 4) is 0 Å². The van der Waals surface area contributed by atoms with Gasteiger partial charge in [0.25, 0.3) is 0 Å². The fourth-order valence-corrected chi connectivity index (χ4v) is 0.416. The summed E-state index contributed by atoms with van der Waals surface area (Å²) in [6.07, 6.45) is -4.63. The topological polar surface area (TPSA) is 98.0 Å². The molecule has 0 aliphatic rings. The molecule has 3 atom stereocenters. The third kappa shape index (κ3) is 2.40. The molecule has 0 saturated heterocycles. The van der Waals surface area contributed by atoms with Gasteiger partial charge >= 0.3 is 0 Å². The number of aldehydes is 1. The molecule has 5 nitrogen and oxygen atoms in total. The molecule has 0 rings (SSSR count). The van der Waals surface area contributed by atoms with Crippen molar-refractivity contribution in [1.29, 1.82) is 0 Å². The first kappa shape index (κ1) is 9.51. The Hall–Kier alpha value is -0.490. The molecule has 4 N–H and O–H groups in total. The van der Waals surface area contributed by atoms with Crippen LogP contribution in [0.5, 0.6) is 0 Å². The summed E-state index contributed by atoms with van der Waals surface area (Å²) in [5, 5.41) is 34.1. The van der Waals surface area contributed by atoms with Crippen molar-refractivity contribution < 1.29 is 25.2 Å². The number of aliphatic hydroxyl groups excluding tert-OH is 4. The second kappa shape index (κ2) is 4.35. The Kier molecular flexibility index (Phi) is 4.13. The first-order valence-corrected chi connectivity index (χ1v) is 2.73. The molecule has 0 spiro atoms. The van der Waals surface area contributed by atoms with E-state index < -0.39 is 24.9 Å². The van der Waals surface area contributed by atoms with Crippen LogP contribution >= 0.6 is 0 Å². The van der Waals surface area contributed by atoms with E-state index in [2.05, 4.69) is 0 Å². The molecule has 0 heterocycles. The Morgan fingerprint density at radius 2 is 1.80 bits per heavy atom. The lowest BCUT2D eigenvalue weighted by Crippen LogP contribution is -2.40. The summed E-state index contributed by atoms with van der Waals surface area (Å²) in [6, 6.07) is 0.